The minimum Gasteiger partial charge on any atom is -0.166 e. The Morgan fingerprint density at radius 3 is 1.75 bits per heavy atom. The molecule has 94 valence electrons. The molecule has 0 atom stereocenters. The zero-order chi connectivity index (χ0) is 13.4. The van der Waals surface area contributed by atoms with Gasteiger partial charge in [-0.15, -0.1) is 0 Å². The van der Waals surface area contributed by atoms with E-state index in [1.807, 2.05) is 27.7 Å². The van der Waals surface area contributed by atoms with Crippen LogP contribution in [-0.4, -0.2) is 0 Å². The smallest absolute Gasteiger partial charge is 0.166 e. The molecular weight excluding hydrogens is 237 g/mol. The zero-order valence-electron chi connectivity index (χ0n) is 10.2. The van der Waals surface area contributed by atoms with Gasteiger partial charge in [0, 0.05) is 5.02 Å². The van der Waals surface area contributed by atoms with E-state index in [0.717, 1.165) is 6.07 Å². The number of halogens is 4. The summed E-state index contributed by atoms with van der Waals surface area (Å²) in [6.07, 6.45) is -4.31. The van der Waals surface area contributed by atoms with Gasteiger partial charge in [0.2, 0.25) is 0 Å². The fourth-order valence-corrected chi connectivity index (χ4v) is 1.09. The van der Waals surface area contributed by atoms with Crippen molar-refractivity contribution in [3.05, 3.63) is 34.3 Å². The van der Waals surface area contributed by atoms with Crippen LogP contribution in [0.5, 0.6) is 0 Å². The molecule has 4 heteroatoms. The van der Waals surface area contributed by atoms with E-state index in [1.54, 1.807) is 0 Å². The Balaban J connectivity index is 0. The molecule has 1 aromatic rings. The quantitative estimate of drug-likeness (QED) is 0.555. The Kier molecular flexibility index (Phi) is 9.34. The first kappa shape index (κ1) is 17.7. The molecule has 16 heavy (non-hydrogen) atoms. The highest BCUT2D eigenvalue weighted by atomic mass is 35.5. The van der Waals surface area contributed by atoms with Gasteiger partial charge in [0.05, 0.1) is 5.56 Å². The Hall–Kier alpha value is -0.700. The second kappa shape index (κ2) is 8.45. The molecule has 0 aromatic heterocycles. The minimum atomic E-state index is -4.31. The maximum absolute atomic E-state index is 12.2. The molecular formula is C12H18ClF3. The third-order valence-corrected chi connectivity index (χ3v) is 1.98. The van der Waals surface area contributed by atoms with Gasteiger partial charge in [-0.05, 0) is 24.6 Å². The van der Waals surface area contributed by atoms with Crippen LogP contribution < -0.4 is 0 Å². The molecule has 0 unspecified atom stereocenters. The van der Waals surface area contributed by atoms with Crippen LogP contribution in [-0.2, 0) is 6.18 Å². The predicted molar refractivity (Wildman–Crippen MR) is 63.9 cm³/mol. The predicted octanol–water partition coefficient (Wildman–Crippen LogP) is 5.72. The first-order valence-corrected chi connectivity index (χ1v) is 5.63. The number of hydrogen-bond donors (Lipinski definition) is 0. The van der Waals surface area contributed by atoms with Gasteiger partial charge in [-0.1, -0.05) is 45.4 Å². The van der Waals surface area contributed by atoms with Gasteiger partial charge in [-0.25, -0.2) is 0 Å². The molecule has 0 fully saturated rings. The molecule has 0 spiro atoms. The average Bonchev–Trinajstić information content (AvgIpc) is 2.26. The monoisotopic (exact) mass is 254 g/mol. The summed E-state index contributed by atoms with van der Waals surface area (Å²) in [6.45, 7) is 9.35. The van der Waals surface area contributed by atoms with Crippen molar-refractivity contribution in [2.45, 2.75) is 40.8 Å². The number of rotatable bonds is 0. The van der Waals surface area contributed by atoms with E-state index >= 15 is 0 Å². The molecule has 0 saturated heterocycles. The highest BCUT2D eigenvalue weighted by molar-refractivity contribution is 6.31. The lowest BCUT2D eigenvalue weighted by Gasteiger charge is -2.10. The van der Waals surface area contributed by atoms with Gasteiger partial charge in [-0.2, -0.15) is 13.2 Å². The van der Waals surface area contributed by atoms with Crippen molar-refractivity contribution in [1.29, 1.82) is 0 Å². The summed E-state index contributed by atoms with van der Waals surface area (Å²) in [5, 5.41) is 0.143. The Morgan fingerprint density at radius 1 is 1.00 bits per heavy atom. The molecule has 0 heterocycles. The Morgan fingerprint density at radius 2 is 1.44 bits per heavy atom. The van der Waals surface area contributed by atoms with E-state index in [0.29, 0.717) is 0 Å². The normalized spacial score (nSPS) is 9.56. The third-order valence-electron chi connectivity index (χ3n) is 1.57. The molecule has 0 saturated carbocycles. The molecule has 0 aliphatic heterocycles. The minimum absolute atomic E-state index is 0.0756. The topological polar surface area (TPSA) is 0 Å². The second-order valence-electron chi connectivity index (χ2n) is 2.41. The second-order valence-corrected chi connectivity index (χ2v) is 2.82. The fourth-order valence-electron chi connectivity index (χ4n) is 0.915. The van der Waals surface area contributed by atoms with E-state index in [4.69, 9.17) is 11.6 Å². The van der Waals surface area contributed by atoms with Crippen LogP contribution in [0.2, 0.25) is 5.02 Å². The Labute approximate surface area is 100 Å². The van der Waals surface area contributed by atoms with Gasteiger partial charge in [0.15, 0.2) is 0 Å². The zero-order valence-corrected chi connectivity index (χ0v) is 11.0. The summed E-state index contributed by atoms with van der Waals surface area (Å²) in [6, 6.07) is 3.74. The van der Waals surface area contributed by atoms with Crippen molar-refractivity contribution in [2.75, 3.05) is 0 Å². The molecule has 0 amide bonds. The van der Waals surface area contributed by atoms with Crippen molar-refractivity contribution >= 4 is 11.6 Å². The van der Waals surface area contributed by atoms with E-state index in [-0.39, 0.29) is 10.6 Å². The summed E-state index contributed by atoms with van der Waals surface area (Å²) in [4.78, 5) is 0. The van der Waals surface area contributed by atoms with Crippen LogP contribution in [0.1, 0.15) is 38.8 Å². The summed E-state index contributed by atoms with van der Waals surface area (Å²) in [5.74, 6) is 0. The maximum atomic E-state index is 12.2. The highest BCUT2D eigenvalue weighted by Gasteiger charge is 2.32. The molecule has 0 aliphatic rings. The van der Waals surface area contributed by atoms with Gasteiger partial charge >= 0.3 is 6.18 Å². The van der Waals surface area contributed by atoms with Gasteiger partial charge in [-0.3, -0.25) is 0 Å². The number of hydrogen-bond acceptors (Lipinski definition) is 0. The van der Waals surface area contributed by atoms with Crippen molar-refractivity contribution in [1.82, 2.24) is 0 Å². The van der Waals surface area contributed by atoms with Crippen LogP contribution in [0.3, 0.4) is 0 Å². The summed E-state index contributed by atoms with van der Waals surface area (Å²) in [7, 11) is 0. The van der Waals surface area contributed by atoms with Crippen LogP contribution in [0, 0.1) is 6.92 Å². The summed E-state index contributed by atoms with van der Waals surface area (Å²) < 4.78 is 36.5. The lowest BCUT2D eigenvalue weighted by Crippen LogP contribution is -2.07. The lowest BCUT2D eigenvalue weighted by atomic mass is 10.1. The third kappa shape index (κ3) is 5.40. The van der Waals surface area contributed by atoms with E-state index in [9.17, 15) is 13.2 Å². The van der Waals surface area contributed by atoms with Gasteiger partial charge in [0.1, 0.15) is 0 Å². The number of alkyl halides is 3. The Bertz CT molecular complexity index is 293. The molecule has 0 aliphatic carbocycles. The van der Waals surface area contributed by atoms with Crippen molar-refractivity contribution in [3.8, 4) is 0 Å². The molecule has 1 aromatic carbocycles. The average molecular weight is 255 g/mol. The largest absolute Gasteiger partial charge is 0.416 e. The SMILES string of the molecule is CC.CC.Cc1c(Cl)cccc1C(F)(F)F. The van der Waals surface area contributed by atoms with Crippen LogP contribution in [0.4, 0.5) is 13.2 Å². The molecule has 0 nitrogen and oxygen atoms in total. The summed E-state index contributed by atoms with van der Waals surface area (Å²) >= 11 is 5.52. The summed E-state index contributed by atoms with van der Waals surface area (Å²) in [5.41, 5.74) is -0.596. The lowest BCUT2D eigenvalue weighted by molar-refractivity contribution is -0.138. The van der Waals surface area contributed by atoms with E-state index in [2.05, 4.69) is 0 Å². The molecule has 0 N–H and O–H groups in total. The first-order valence-electron chi connectivity index (χ1n) is 5.25. The van der Waals surface area contributed by atoms with E-state index < -0.39 is 11.7 Å². The highest BCUT2D eigenvalue weighted by Crippen LogP contribution is 2.34. The van der Waals surface area contributed by atoms with Crippen LogP contribution >= 0.6 is 11.6 Å². The van der Waals surface area contributed by atoms with Crippen molar-refractivity contribution < 1.29 is 13.2 Å². The number of benzene rings is 1. The van der Waals surface area contributed by atoms with Crippen molar-refractivity contribution in [3.63, 3.8) is 0 Å². The van der Waals surface area contributed by atoms with Crippen molar-refractivity contribution in [2.24, 2.45) is 0 Å². The standard InChI is InChI=1S/C8H6ClF3.2C2H6/c1-5-6(8(10,11)12)3-2-4-7(5)9;2*1-2/h2-4H,1H3;2*1-2H3. The molecule has 1 rings (SSSR count). The molecule has 0 radical (unpaired) electrons. The fraction of sp³-hybridized carbons (Fsp3) is 0.500. The van der Waals surface area contributed by atoms with Gasteiger partial charge < -0.3 is 0 Å². The van der Waals surface area contributed by atoms with Crippen LogP contribution in [0.25, 0.3) is 0 Å². The van der Waals surface area contributed by atoms with Crippen LogP contribution in [0.15, 0.2) is 18.2 Å². The van der Waals surface area contributed by atoms with Gasteiger partial charge in [0.25, 0.3) is 0 Å². The first-order chi connectivity index (χ1) is 7.43. The van der Waals surface area contributed by atoms with E-state index in [1.165, 1.54) is 19.1 Å². The molecule has 0 bridgehead atoms. The maximum Gasteiger partial charge on any atom is 0.416 e.